The molecule has 0 aliphatic heterocycles. The molecule has 0 saturated carbocycles. The minimum Gasteiger partial charge on any atom is -0.504 e. The van der Waals surface area contributed by atoms with Crippen LogP contribution in [0.4, 0.5) is 0 Å². The largest absolute Gasteiger partial charge is 0.504 e. The van der Waals surface area contributed by atoms with E-state index in [2.05, 4.69) is 0 Å². The second kappa shape index (κ2) is 6.40. The summed E-state index contributed by atoms with van der Waals surface area (Å²) >= 11 is 0. The van der Waals surface area contributed by atoms with Crippen molar-refractivity contribution in [2.24, 2.45) is 0 Å². The molecule has 7 nitrogen and oxygen atoms in total. The first kappa shape index (κ1) is 15.0. The van der Waals surface area contributed by atoms with Crippen LogP contribution in [0.25, 0.3) is 0 Å². The average Bonchev–Trinajstić information content (AvgIpc) is 2.55. The van der Waals surface area contributed by atoms with Gasteiger partial charge < -0.3 is 10.2 Å². The first-order valence-electron chi connectivity index (χ1n) is 5.99. The summed E-state index contributed by atoms with van der Waals surface area (Å²) in [4.78, 5) is 42.0. The van der Waals surface area contributed by atoms with Crippen LogP contribution in [-0.2, 0) is 0 Å². The number of benzene rings is 2. The lowest BCUT2D eigenvalue weighted by Crippen LogP contribution is -2.04. The van der Waals surface area contributed by atoms with E-state index in [-0.39, 0.29) is 28.2 Å². The molecule has 0 aliphatic rings. The van der Waals surface area contributed by atoms with Gasteiger partial charge in [-0.3, -0.25) is 24.2 Å². The third-order valence-corrected chi connectivity index (χ3v) is 2.73. The number of phenols is 2. The Morgan fingerprint density at radius 3 is 2.09 bits per heavy atom. The maximum absolute atomic E-state index is 10.9. The van der Waals surface area contributed by atoms with E-state index >= 15 is 0 Å². The van der Waals surface area contributed by atoms with E-state index in [0.29, 0.717) is 18.9 Å². The average molecular weight is 302 g/mol. The molecule has 2 aromatic rings. The van der Waals surface area contributed by atoms with E-state index in [0.717, 1.165) is 12.1 Å². The van der Waals surface area contributed by atoms with E-state index < -0.39 is 11.5 Å². The van der Waals surface area contributed by atoms with Crippen LogP contribution >= 0.6 is 0 Å². The van der Waals surface area contributed by atoms with Crippen LogP contribution in [0.1, 0.15) is 31.1 Å². The highest BCUT2D eigenvalue weighted by Gasteiger charge is 2.13. The third kappa shape index (κ3) is 3.04. The Hall–Kier alpha value is -3.35. The van der Waals surface area contributed by atoms with Gasteiger partial charge in [-0.2, -0.15) is 0 Å². The summed E-state index contributed by atoms with van der Waals surface area (Å²) in [6, 6.07) is 6.21. The molecule has 112 valence electrons. The topological polar surface area (TPSA) is 110 Å². The quantitative estimate of drug-likeness (QED) is 0.363. The number of hydrogen-bond acceptors (Lipinski definition) is 7. The highest BCUT2D eigenvalue weighted by atomic mass is 17.2. The molecule has 2 rings (SSSR count). The second-order valence-corrected chi connectivity index (χ2v) is 4.20. The zero-order chi connectivity index (χ0) is 16.1. The number of phenolic OH excluding ortho intramolecular Hbond substituents is 2. The lowest BCUT2D eigenvalue weighted by molar-refractivity contribution is -0.102. The molecule has 0 amide bonds. The Bertz CT molecular complexity index is 737. The first-order valence-corrected chi connectivity index (χ1v) is 5.99. The van der Waals surface area contributed by atoms with E-state index in [1.165, 1.54) is 18.2 Å². The van der Waals surface area contributed by atoms with Gasteiger partial charge in [0, 0.05) is 17.2 Å². The monoisotopic (exact) mass is 302 g/mol. The molecule has 2 aromatic carbocycles. The molecule has 0 spiro atoms. The zero-order valence-electron chi connectivity index (χ0n) is 11.1. The number of carbonyl (C=O) groups is 3. The summed E-state index contributed by atoms with van der Waals surface area (Å²) in [5.74, 6) is -1.49. The minimum atomic E-state index is -0.622. The van der Waals surface area contributed by atoms with Crippen LogP contribution in [0.3, 0.4) is 0 Å². The molecule has 7 heteroatoms. The van der Waals surface area contributed by atoms with Crippen LogP contribution < -0.4 is 9.78 Å². The van der Waals surface area contributed by atoms with Gasteiger partial charge in [0.05, 0.1) is 5.56 Å². The van der Waals surface area contributed by atoms with Crippen molar-refractivity contribution in [2.45, 2.75) is 0 Å². The van der Waals surface area contributed by atoms with Gasteiger partial charge in [0.25, 0.3) is 0 Å². The number of aromatic hydroxyl groups is 2. The molecular formula is C15H10O7. The van der Waals surface area contributed by atoms with Crippen LogP contribution in [0.5, 0.6) is 23.0 Å². The van der Waals surface area contributed by atoms with Crippen molar-refractivity contribution >= 4 is 18.9 Å². The van der Waals surface area contributed by atoms with Crippen LogP contribution in [-0.4, -0.2) is 29.1 Å². The summed E-state index contributed by atoms with van der Waals surface area (Å²) in [7, 11) is 0. The van der Waals surface area contributed by atoms with Crippen molar-refractivity contribution in [1.29, 1.82) is 0 Å². The van der Waals surface area contributed by atoms with Crippen molar-refractivity contribution in [1.82, 2.24) is 0 Å². The van der Waals surface area contributed by atoms with Gasteiger partial charge in [-0.25, -0.2) is 0 Å². The second-order valence-electron chi connectivity index (χ2n) is 4.20. The van der Waals surface area contributed by atoms with Gasteiger partial charge in [0.2, 0.25) is 11.5 Å². The molecule has 0 aromatic heterocycles. The summed E-state index contributed by atoms with van der Waals surface area (Å²) in [6.45, 7) is 0. The smallest absolute Gasteiger partial charge is 0.224 e. The molecule has 22 heavy (non-hydrogen) atoms. The molecule has 0 aliphatic carbocycles. The predicted octanol–water partition coefficient (Wildman–Crippen LogP) is 1.91. The van der Waals surface area contributed by atoms with E-state index in [9.17, 15) is 24.6 Å². The van der Waals surface area contributed by atoms with Crippen molar-refractivity contribution in [3.05, 3.63) is 47.0 Å². The summed E-state index contributed by atoms with van der Waals surface area (Å²) in [5.41, 5.74) is 0.388. The van der Waals surface area contributed by atoms with Crippen LogP contribution in [0.15, 0.2) is 30.3 Å². The molecular weight excluding hydrogens is 292 g/mol. The summed E-state index contributed by atoms with van der Waals surface area (Å²) in [5, 5.41) is 19.1. The molecule has 0 saturated heterocycles. The lowest BCUT2D eigenvalue weighted by atomic mass is 10.1. The Labute approximate surface area is 124 Å². The van der Waals surface area contributed by atoms with Crippen molar-refractivity contribution in [3.8, 4) is 23.0 Å². The number of hydrogen-bond donors (Lipinski definition) is 2. The van der Waals surface area contributed by atoms with E-state index in [4.69, 9.17) is 9.78 Å². The van der Waals surface area contributed by atoms with Gasteiger partial charge >= 0.3 is 0 Å². The zero-order valence-corrected chi connectivity index (χ0v) is 11.1. The Morgan fingerprint density at radius 2 is 1.45 bits per heavy atom. The van der Waals surface area contributed by atoms with E-state index in [1.54, 1.807) is 0 Å². The number of aldehydes is 3. The molecule has 2 N–H and O–H groups in total. The maximum atomic E-state index is 10.9. The Morgan fingerprint density at radius 1 is 0.773 bits per heavy atom. The molecule has 0 atom stereocenters. The minimum absolute atomic E-state index is 0.00371. The Kier molecular flexibility index (Phi) is 4.38. The standard InChI is InChI=1S/C15H10O7/c16-6-9-1-2-13(11(3-9)8-18)21-22-14-5-10(7-17)4-12(19)15(14)20/h1-8,19-20H. The van der Waals surface area contributed by atoms with Crippen molar-refractivity contribution in [2.75, 3.05) is 0 Å². The van der Waals surface area contributed by atoms with Gasteiger partial charge in [0.15, 0.2) is 17.8 Å². The third-order valence-electron chi connectivity index (χ3n) is 2.73. The van der Waals surface area contributed by atoms with Gasteiger partial charge in [0.1, 0.15) is 12.6 Å². The fourth-order valence-corrected chi connectivity index (χ4v) is 1.64. The first-order chi connectivity index (χ1) is 10.6. The highest BCUT2D eigenvalue weighted by Crippen LogP contribution is 2.36. The molecule has 0 heterocycles. The normalized spacial score (nSPS) is 9.82. The van der Waals surface area contributed by atoms with Gasteiger partial charge in [-0.1, -0.05) is 0 Å². The lowest BCUT2D eigenvalue weighted by Gasteiger charge is -2.10. The van der Waals surface area contributed by atoms with E-state index in [1.807, 2.05) is 0 Å². The highest BCUT2D eigenvalue weighted by molar-refractivity contribution is 5.84. The maximum Gasteiger partial charge on any atom is 0.224 e. The number of rotatable bonds is 6. The molecule has 0 bridgehead atoms. The van der Waals surface area contributed by atoms with Gasteiger partial charge in [-0.05, 0) is 24.3 Å². The van der Waals surface area contributed by atoms with Crippen molar-refractivity contribution in [3.63, 3.8) is 0 Å². The van der Waals surface area contributed by atoms with Crippen LogP contribution in [0, 0.1) is 0 Å². The van der Waals surface area contributed by atoms with Crippen molar-refractivity contribution < 1.29 is 34.4 Å². The fourth-order valence-electron chi connectivity index (χ4n) is 1.64. The molecule has 0 fully saturated rings. The predicted molar refractivity (Wildman–Crippen MR) is 73.6 cm³/mol. The molecule has 0 radical (unpaired) electrons. The summed E-state index contributed by atoms with van der Waals surface area (Å²) in [6.07, 6.45) is 1.47. The SMILES string of the molecule is O=Cc1ccc(OOc2cc(C=O)cc(O)c2O)c(C=O)c1. The van der Waals surface area contributed by atoms with Crippen LogP contribution in [0.2, 0.25) is 0 Å². The fraction of sp³-hybridized carbons (Fsp3) is 0. The van der Waals surface area contributed by atoms with Gasteiger partial charge in [-0.15, -0.1) is 0 Å². The summed E-state index contributed by atoms with van der Waals surface area (Å²) < 4.78 is 0. The number of carbonyl (C=O) groups excluding carboxylic acids is 3. The molecule has 0 unspecified atom stereocenters. The Balaban J connectivity index is 2.27.